The highest BCUT2D eigenvalue weighted by Gasteiger charge is 2.13. The number of benzene rings is 3. The molecule has 0 saturated carbocycles. The molecule has 3 rings (SSSR count). The number of hydrazone groups is 1. The van der Waals surface area contributed by atoms with Gasteiger partial charge in [0.2, 0.25) is 0 Å². The smallest absolute Gasteiger partial charge is 0.329 e. The van der Waals surface area contributed by atoms with Gasteiger partial charge in [-0.2, -0.15) is 5.10 Å². The highest BCUT2D eigenvalue weighted by Crippen LogP contribution is 2.28. The SMILES string of the molecule is CCOc1cc(/C=N\NC(=O)C(=O)NCCc2ccc(OC)c(OC)c2)ccc1OCC(=O)Nc1ccccc1. The molecule has 0 aromatic heterocycles. The molecule has 11 heteroatoms. The molecule has 40 heavy (non-hydrogen) atoms. The molecule has 11 nitrogen and oxygen atoms in total. The zero-order valence-electron chi connectivity index (χ0n) is 22.6. The number of hydrogen-bond acceptors (Lipinski definition) is 8. The number of carbonyl (C=O) groups excluding carboxylic acids is 3. The Morgan fingerprint density at radius 3 is 2.30 bits per heavy atom. The number of methoxy groups -OCH3 is 2. The van der Waals surface area contributed by atoms with E-state index in [1.54, 1.807) is 50.6 Å². The van der Waals surface area contributed by atoms with Crippen LogP contribution in [0.5, 0.6) is 23.0 Å². The first kappa shape index (κ1) is 29.5. The van der Waals surface area contributed by atoms with E-state index in [0.717, 1.165) is 5.56 Å². The second-order valence-electron chi connectivity index (χ2n) is 8.24. The standard InChI is InChI=1S/C29H32N4O7/c1-4-39-26-17-21(11-13-24(26)40-19-27(34)32-22-8-6-5-7-9-22)18-31-33-29(36)28(35)30-15-14-20-10-12-23(37-2)25(16-20)38-3/h5-13,16-18H,4,14-15,19H2,1-3H3,(H,30,35)(H,32,34)(H,33,36)/b31-18-. The third-order valence-corrected chi connectivity index (χ3v) is 5.42. The zero-order valence-corrected chi connectivity index (χ0v) is 22.6. The van der Waals surface area contributed by atoms with E-state index >= 15 is 0 Å². The van der Waals surface area contributed by atoms with E-state index in [2.05, 4.69) is 21.2 Å². The zero-order chi connectivity index (χ0) is 28.7. The lowest BCUT2D eigenvalue weighted by Crippen LogP contribution is -2.38. The Labute approximate surface area is 232 Å². The fraction of sp³-hybridized carbons (Fsp3) is 0.241. The van der Waals surface area contributed by atoms with Gasteiger partial charge < -0.3 is 29.6 Å². The van der Waals surface area contributed by atoms with E-state index in [1.807, 2.05) is 37.3 Å². The molecule has 3 N–H and O–H groups in total. The van der Waals surface area contributed by atoms with Gasteiger partial charge in [0.25, 0.3) is 5.91 Å². The van der Waals surface area contributed by atoms with E-state index in [1.165, 1.54) is 6.21 Å². The van der Waals surface area contributed by atoms with E-state index < -0.39 is 11.8 Å². The normalized spacial score (nSPS) is 10.5. The molecular weight excluding hydrogens is 516 g/mol. The lowest BCUT2D eigenvalue weighted by molar-refractivity contribution is -0.139. The van der Waals surface area contributed by atoms with Crippen LogP contribution < -0.4 is 35.0 Å². The van der Waals surface area contributed by atoms with Gasteiger partial charge in [0.15, 0.2) is 29.6 Å². The molecule has 3 aromatic rings. The number of amides is 3. The summed E-state index contributed by atoms with van der Waals surface area (Å²) >= 11 is 0. The van der Waals surface area contributed by atoms with Gasteiger partial charge in [0.05, 0.1) is 27.0 Å². The van der Waals surface area contributed by atoms with Crippen LogP contribution in [-0.4, -0.2) is 57.9 Å². The molecule has 0 aliphatic rings. The summed E-state index contributed by atoms with van der Waals surface area (Å²) in [5.41, 5.74) is 4.36. The molecule has 3 amide bonds. The predicted molar refractivity (Wildman–Crippen MR) is 150 cm³/mol. The maximum absolute atomic E-state index is 12.2. The molecule has 0 spiro atoms. The Hall–Kier alpha value is -5.06. The summed E-state index contributed by atoms with van der Waals surface area (Å²) in [4.78, 5) is 36.4. The number of nitrogens with one attached hydrogen (secondary N) is 3. The topological polar surface area (TPSA) is 137 Å². The number of hydrogen-bond donors (Lipinski definition) is 3. The Kier molecular flexibility index (Phi) is 11.3. The van der Waals surface area contributed by atoms with Crippen LogP contribution in [0.4, 0.5) is 5.69 Å². The number of ether oxygens (including phenoxy) is 4. The second kappa shape index (κ2) is 15.4. The summed E-state index contributed by atoms with van der Waals surface area (Å²) in [5, 5.41) is 9.14. The van der Waals surface area contributed by atoms with Crippen molar-refractivity contribution in [2.75, 3.05) is 39.3 Å². The fourth-order valence-corrected chi connectivity index (χ4v) is 3.51. The first-order valence-corrected chi connectivity index (χ1v) is 12.5. The Balaban J connectivity index is 1.48. The molecule has 0 aliphatic carbocycles. The first-order valence-electron chi connectivity index (χ1n) is 12.5. The van der Waals surface area contributed by atoms with Gasteiger partial charge in [0.1, 0.15) is 0 Å². The maximum atomic E-state index is 12.2. The molecule has 0 atom stereocenters. The highest BCUT2D eigenvalue weighted by atomic mass is 16.5. The van der Waals surface area contributed by atoms with Crippen molar-refractivity contribution in [2.24, 2.45) is 5.10 Å². The molecule has 0 bridgehead atoms. The van der Waals surface area contributed by atoms with E-state index in [4.69, 9.17) is 18.9 Å². The summed E-state index contributed by atoms with van der Waals surface area (Å²) in [6.07, 6.45) is 1.86. The van der Waals surface area contributed by atoms with E-state index in [0.29, 0.717) is 47.3 Å². The molecule has 0 heterocycles. The number of para-hydroxylation sites is 1. The van der Waals surface area contributed by atoms with Crippen molar-refractivity contribution in [3.63, 3.8) is 0 Å². The van der Waals surface area contributed by atoms with Gasteiger partial charge in [-0.25, -0.2) is 5.43 Å². The first-order chi connectivity index (χ1) is 19.4. The minimum absolute atomic E-state index is 0.209. The monoisotopic (exact) mass is 548 g/mol. The minimum Gasteiger partial charge on any atom is -0.493 e. The molecule has 0 fully saturated rings. The Morgan fingerprint density at radius 2 is 1.57 bits per heavy atom. The van der Waals surface area contributed by atoms with Gasteiger partial charge >= 0.3 is 11.8 Å². The van der Waals surface area contributed by atoms with Crippen LogP contribution in [-0.2, 0) is 20.8 Å². The number of anilines is 1. The second-order valence-corrected chi connectivity index (χ2v) is 8.24. The molecule has 0 unspecified atom stereocenters. The van der Waals surface area contributed by atoms with Gasteiger partial charge in [-0.05, 0) is 66.9 Å². The summed E-state index contributed by atoms with van der Waals surface area (Å²) in [5.74, 6) is -0.0706. The van der Waals surface area contributed by atoms with Crippen LogP contribution in [0.2, 0.25) is 0 Å². The van der Waals surface area contributed by atoms with Crippen molar-refractivity contribution in [1.29, 1.82) is 0 Å². The van der Waals surface area contributed by atoms with Crippen LogP contribution in [0.1, 0.15) is 18.1 Å². The van der Waals surface area contributed by atoms with E-state index in [-0.39, 0.29) is 19.1 Å². The Morgan fingerprint density at radius 1 is 0.825 bits per heavy atom. The number of nitrogens with zero attached hydrogens (tertiary/aromatic N) is 1. The molecule has 0 aliphatic heterocycles. The van der Waals surface area contributed by atoms with Gasteiger partial charge in [0, 0.05) is 12.2 Å². The van der Waals surface area contributed by atoms with Crippen LogP contribution in [0.25, 0.3) is 0 Å². The summed E-state index contributed by atoms with van der Waals surface area (Å²) in [7, 11) is 3.10. The molecular formula is C29H32N4O7. The average Bonchev–Trinajstić information content (AvgIpc) is 2.97. The maximum Gasteiger partial charge on any atom is 0.329 e. The molecule has 0 saturated heterocycles. The number of rotatable bonds is 13. The lowest BCUT2D eigenvalue weighted by atomic mass is 10.1. The quantitative estimate of drug-likeness (QED) is 0.170. The van der Waals surface area contributed by atoms with Gasteiger partial charge in [-0.15, -0.1) is 0 Å². The van der Waals surface area contributed by atoms with Gasteiger partial charge in [-0.1, -0.05) is 24.3 Å². The summed E-state index contributed by atoms with van der Waals surface area (Å²) < 4.78 is 21.7. The third kappa shape index (κ3) is 9.05. The van der Waals surface area contributed by atoms with Crippen molar-refractivity contribution in [1.82, 2.24) is 10.7 Å². The summed E-state index contributed by atoms with van der Waals surface area (Å²) in [6, 6.07) is 19.4. The molecule has 210 valence electrons. The van der Waals surface area contributed by atoms with Gasteiger partial charge in [-0.3, -0.25) is 14.4 Å². The van der Waals surface area contributed by atoms with Crippen LogP contribution in [0.15, 0.2) is 71.8 Å². The fourth-order valence-electron chi connectivity index (χ4n) is 3.51. The highest BCUT2D eigenvalue weighted by molar-refractivity contribution is 6.35. The van der Waals surface area contributed by atoms with E-state index in [9.17, 15) is 14.4 Å². The van der Waals surface area contributed by atoms with Crippen molar-refractivity contribution < 1.29 is 33.3 Å². The third-order valence-electron chi connectivity index (χ3n) is 5.42. The van der Waals surface area contributed by atoms with Crippen molar-refractivity contribution >= 4 is 29.6 Å². The molecule has 3 aromatic carbocycles. The largest absolute Gasteiger partial charge is 0.493 e. The summed E-state index contributed by atoms with van der Waals surface area (Å²) in [6.45, 7) is 2.22. The van der Waals surface area contributed by atoms with Crippen LogP contribution >= 0.6 is 0 Å². The van der Waals surface area contributed by atoms with Crippen molar-refractivity contribution in [3.8, 4) is 23.0 Å². The molecule has 0 radical (unpaired) electrons. The van der Waals surface area contributed by atoms with Crippen molar-refractivity contribution in [3.05, 3.63) is 77.9 Å². The number of carbonyl (C=O) groups is 3. The minimum atomic E-state index is -0.905. The lowest BCUT2D eigenvalue weighted by Gasteiger charge is -2.12. The predicted octanol–water partition coefficient (Wildman–Crippen LogP) is 2.93. The average molecular weight is 549 g/mol. The Bertz CT molecular complexity index is 1330. The van der Waals surface area contributed by atoms with Crippen LogP contribution in [0.3, 0.4) is 0 Å². The van der Waals surface area contributed by atoms with Crippen LogP contribution in [0, 0.1) is 0 Å². The van der Waals surface area contributed by atoms with Crippen molar-refractivity contribution in [2.45, 2.75) is 13.3 Å².